The normalized spacial score (nSPS) is 17.8. The second-order valence-electron chi connectivity index (χ2n) is 5.96. The summed E-state index contributed by atoms with van der Waals surface area (Å²) in [6, 6.07) is 3.52. The van der Waals surface area contributed by atoms with Crippen LogP contribution in [-0.4, -0.2) is 45.3 Å². The van der Waals surface area contributed by atoms with E-state index >= 15 is 0 Å². The van der Waals surface area contributed by atoms with Gasteiger partial charge in [0.05, 0.1) is 23.9 Å². The van der Waals surface area contributed by atoms with Gasteiger partial charge in [0.15, 0.2) is 5.69 Å². The van der Waals surface area contributed by atoms with Crippen molar-refractivity contribution >= 4 is 17.5 Å². The van der Waals surface area contributed by atoms with Crippen molar-refractivity contribution in [1.82, 2.24) is 19.7 Å². The lowest BCUT2D eigenvalue weighted by atomic mass is 10.1. The Hall–Kier alpha value is -2.08. The summed E-state index contributed by atoms with van der Waals surface area (Å²) in [5.74, 6) is 0.261. The summed E-state index contributed by atoms with van der Waals surface area (Å²) in [5.41, 5.74) is 1.37. The van der Waals surface area contributed by atoms with E-state index in [1.54, 1.807) is 17.0 Å². The number of likely N-dealkylation sites (tertiary alicyclic amines) is 1. The standard InChI is InChI=1S/C17H21ClN4O2/c1-3-24-15-7-6-14(18)16(20-15)17(23)21-8-4-5-13(11-21)22-10-12(2)9-19-22/h6-7,9-10,13H,3-5,8,11H2,1-2H3. The van der Waals surface area contributed by atoms with Crippen molar-refractivity contribution in [1.29, 1.82) is 0 Å². The number of halogens is 1. The molecule has 1 atom stereocenters. The van der Waals surface area contributed by atoms with Crippen LogP contribution in [-0.2, 0) is 0 Å². The van der Waals surface area contributed by atoms with Gasteiger partial charge in [0.25, 0.3) is 5.91 Å². The fourth-order valence-electron chi connectivity index (χ4n) is 2.94. The molecular formula is C17H21ClN4O2. The maximum absolute atomic E-state index is 12.9. The number of aryl methyl sites for hydroxylation is 1. The molecule has 1 saturated heterocycles. The van der Waals surface area contributed by atoms with Crippen LogP contribution in [0.15, 0.2) is 24.5 Å². The third-order valence-electron chi connectivity index (χ3n) is 4.10. The zero-order valence-electron chi connectivity index (χ0n) is 13.9. The summed E-state index contributed by atoms with van der Waals surface area (Å²) >= 11 is 6.18. The molecule has 0 bridgehead atoms. The molecule has 0 aliphatic carbocycles. The van der Waals surface area contributed by atoms with Gasteiger partial charge < -0.3 is 9.64 Å². The summed E-state index contributed by atoms with van der Waals surface area (Å²) in [4.78, 5) is 18.9. The van der Waals surface area contributed by atoms with Gasteiger partial charge in [0, 0.05) is 25.4 Å². The van der Waals surface area contributed by atoms with E-state index in [9.17, 15) is 4.79 Å². The van der Waals surface area contributed by atoms with Crippen LogP contribution in [0.3, 0.4) is 0 Å². The summed E-state index contributed by atoms with van der Waals surface area (Å²) in [7, 11) is 0. The lowest BCUT2D eigenvalue weighted by Gasteiger charge is -2.32. The summed E-state index contributed by atoms with van der Waals surface area (Å²) in [6.45, 7) is 5.69. The molecule has 3 rings (SSSR count). The maximum Gasteiger partial charge on any atom is 0.274 e. The first-order chi connectivity index (χ1) is 11.6. The average Bonchev–Trinajstić information content (AvgIpc) is 3.03. The molecule has 7 heteroatoms. The summed E-state index contributed by atoms with van der Waals surface area (Å²) in [6.07, 6.45) is 5.79. The molecule has 0 saturated carbocycles. The first-order valence-electron chi connectivity index (χ1n) is 8.18. The smallest absolute Gasteiger partial charge is 0.274 e. The molecule has 6 nitrogen and oxygen atoms in total. The maximum atomic E-state index is 12.9. The number of hydrogen-bond acceptors (Lipinski definition) is 4. The van der Waals surface area contributed by atoms with Gasteiger partial charge in [-0.1, -0.05) is 11.6 Å². The molecule has 1 amide bonds. The van der Waals surface area contributed by atoms with Crippen molar-refractivity contribution in [3.05, 3.63) is 40.8 Å². The topological polar surface area (TPSA) is 60.2 Å². The first kappa shape index (κ1) is 16.8. The Morgan fingerprint density at radius 2 is 2.29 bits per heavy atom. The fraction of sp³-hybridized carbons (Fsp3) is 0.471. The van der Waals surface area contributed by atoms with Crippen molar-refractivity contribution < 1.29 is 9.53 Å². The molecule has 2 aromatic heterocycles. The van der Waals surface area contributed by atoms with Gasteiger partial charge in [-0.05, 0) is 38.3 Å². The summed E-state index contributed by atoms with van der Waals surface area (Å²) < 4.78 is 7.32. The lowest BCUT2D eigenvalue weighted by molar-refractivity contribution is 0.0666. The highest BCUT2D eigenvalue weighted by atomic mass is 35.5. The largest absolute Gasteiger partial charge is 0.478 e. The van der Waals surface area contributed by atoms with Crippen LogP contribution in [0.4, 0.5) is 0 Å². The summed E-state index contributed by atoms with van der Waals surface area (Å²) in [5, 5.41) is 4.73. The molecule has 0 spiro atoms. The molecule has 24 heavy (non-hydrogen) atoms. The number of hydrogen-bond donors (Lipinski definition) is 0. The Bertz CT molecular complexity index is 731. The number of aromatic nitrogens is 3. The highest BCUT2D eigenvalue weighted by molar-refractivity contribution is 6.33. The fourth-order valence-corrected chi connectivity index (χ4v) is 3.13. The number of pyridine rings is 1. The Labute approximate surface area is 146 Å². The molecular weight excluding hydrogens is 328 g/mol. The van der Waals surface area contributed by atoms with Crippen LogP contribution >= 0.6 is 11.6 Å². The monoisotopic (exact) mass is 348 g/mol. The molecule has 2 aromatic rings. The van der Waals surface area contributed by atoms with E-state index in [1.807, 2.05) is 30.9 Å². The third-order valence-corrected chi connectivity index (χ3v) is 4.41. The van der Waals surface area contributed by atoms with Crippen LogP contribution in [0.1, 0.15) is 41.9 Å². The first-order valence-corrected chi connectivity index (χ1v) is 8.55. The number of amides is 1. The van der Waals surface area contributed by atoms with E-state index in [2.05, 4.69) is 10.1 Å². The van der Waals surface area contributed by atoms with Gasteiger partial charge in [-0.25, -0.2) is 4.98 Å². The van der Waals surface area contributed by atoms with Gasteiger partial charge in [-0.3, -0.25) is 9.48 Å². The van der Waals surface area contributed by atoms with Crippen molar-refractivity contribution in [2.24, 2.45) is 0 Å². The van der Waals surface area contributed by atoms with Crippen molar-refractivity contribution in [2.45, 2.75) is 32.7 Å². The van der Waals surface area contributed by atoms with E-state index < -0.39 is 0 Å². The second-order valence-corrected chi connectivity index (χ2v) is 6.37. The minimum Gasteiger partial charge on any atom is -0.478 e. The SMILES string of the molecule is CCOc1ccc(Cl)c(C(=O)N2CCCC(n3cc(C)cn3)C2)n1. The molecule has 1 aliphatic heterocycles. The average molecular weight is 349 g/mol. The lowest BCUT2D eigenvalue weighted by Crippen LogP contribution is -2.41. The number of ether oxygens (including phenoxy) is 1. The molecule has 3 heterocycles. The quantitative estimate of drug-likeness (QED) is 0.851. The highest BCUT2D eigenvalue weighted by Gasteiger charge is 2.28. The van der Waals surface area contributed by atoms with E-state index in [-0.39, 0.29) is 17.6 Å². The van der Waals surface area contributed by atoms with Crippen molar-refractivity contribution in [3.63, 3.8) is 0 Å². The Morgan fingerprint density at radius 3 is 3.00 bits per heavy atom. The van der Waals surface area contributed by atoms with Crippen LogP contribution in [0.2, 0.25) is 5.02 Å². The van der Waals surface area contributed by atoms with Gasteiger partial charge in [0.1, 0.15) is 0 Å². The van der Waals surface area contributed by atoms with Crippen LogP contribution in [0.5, 0.6) is 5.88 Å². The number of piperidine rings is 1. The van der Waals surface area contributed by atoms with E-state index in [4.69, 9.17) is 16.3 Å². The number of carbonyl (C=O) groups excluding carboxylic acids is 1. The van der Waals surface area contributed by atoms with Crippen LogP contribution < -0.4 is 4.74 Å². The molecule has 0 radical (unpaired) electrons. The van der Waals surface area contributed by atoms with Crippen LogP contribution in [0.25, 0.3) is 0 Å². The predicted molar refractivity (Wildman–Crippen MR) is 91.6 cm³/mol. The van der Waals surface area contributed by atoms with E-state index in [0.29, 0.717) is 30.6 Å². The van der Waals surface area contributed by atoms with E-state index in [0.717, 1.165) is 18.4 Å². The zero-order chi connectivity index (χ0) is 17.1. The molecule has 1 aliphatic rings. The number of carbonyl (C=O) groups is 1. The van der Waals surface area contributed by atoms with Crippen LogP contribution in [0, 0.1) is 6.92 Å². The third kappa shape index (κ3) is 3.53. The Kier molecular flexibility index (Phi) is 5.04. The minimum atomic E-state index is -0.157. The molecule has 0 aromatic carbocycles. The number of rotatable bonds is 4. The van der Waals surface area contributed by atoms with Gasteiger partial charge >= 0.3 is 0 Å². The van der Waals surface area contributed by atoms with E-state index in [1.165, 1.54) is 0 Å². The van der Waals surface area contributed by atoms with Crippen molar-refractivity contribution in [3.8, 4) is 5.88 Å². The van der Waals surface area contributed by atoms with Crippen molar-refractivity contribution in [2.75, 3.05) is 19.7 Å². The molecule has 1 fully saturated rings. The minimum absolute atomic E-state index is 0.157. The molecule has 1 unspecified atom stereocenters. The Morgan fingerprint density at radius 1 is 1.46 bits per heavy atom. The van der Waals surface area contributed by atoms with Gasteiger partial charge in [-0.15, -0.1) is 0 Å². The highest BCUT2D eigenvalue weighted by Crippen LogP contribution is 2.25. The number of nitrogens with zero attached hydrogens (tertiary/aromatic N) is 4. The zero-order valence-corrected chi connectivity index (χ0v) is 14.7. The Balaban J connectivity index is 1.78. The predicted octanol–water partition coefficient (Wildman–Crippen LogP) is 3.12. The van der Waals surface area contributed by atoms with Gasteiger partial charge in [-0.2, -0.15) is 5.10 Å². The van der Waals surface area contributed by atoms with Gasteiger partial charge in [0.2, 0.25) is 5.88 Å². The molecule has 128 valence electrons. The second kappa shape index (κ2) is 7.21. The molecule has 0 N–H and O–H groups in total.